The van der Waals surface area contributed by atoms with E-state index in [0.29, 0.717) is 6.54 Å². The molecule has 6 heteroatoms. The number of thiazole rings is 1. The summed E-state index contributed by atoms with van der Waals surface area (Å²) in [6, 6.07) is -0.109. The van der Waals surface area contributed by atoms with E-state index >= 15 is 0 Å². The number of amides is 2. The highest BCUT2D eigenvalue weighted by Crippen LogP contribution is 2.16. The Bertz CT molecular complexity index is 473. The van der Waals surface area contributed by atoms with Crippen molar-refractivity contribution in [1.82, 2.24) is 15.6 Å². The van der Waals surface area contributed by atoms with Crippen LogP contribution in [-0.4, -0.2) is 35.3 Å². The third kappa shape index (κ3) is 4.61. The summed E-state index contributed by atoms with van der Waals surface area (Å²) >= 11 is 1.67. The van der Waals surface area contributed by atoms with Crippen LogP contribution in [0.5, 0.6) is 0 Å². The van der Waals surface area contributed by atoms with E-state index in [1.165, 1.54) is 0 Å². The molecule has 0 aromatic carbocycles. The van der Waals surface area contributed by atoms with Crippen LogP contribution in [0.4, 0.5) is 4.79 Å². The topological polar surface area (TPSA) is 74.2 Å². The maximum absolute atomic E-state index is 11.7. The lowest BCUT2D eigenvalue weighted by Crippen LogP contribution is -2.41. The minimum absolute atomic E-state index is 0.0359. The summed E-state index contributed by atoms with van der Waals surface area (Å²) in [6.45, 7) is 2.77. The molecule has 0 spiro atoms. The lowest BCUT2D eigenvalue weighted by Gasteiger charge is -2.13. The largest absolute Gasteiger partial charge is 0.396 e. The zero-order valence-electron chi connectivity index (χ0n) is 11.6. The predicted octanol–water partition coefficient (Wildman–Crippen LogP) is 1.62. The van der Waals surface area contributed by atoms with Gasteiger partial charge < -0.3 is 15.7 Å². The molecule has 0 bridgehead atoms. The summed E-state index contributed by atoms with van der Waals surface area (Å²) in [5, 5.41) is 17.9. The molecule has 2 amide bonds. The molecule has 2 rings (SSSR count). The first-order valence-corrected chi connectivity index (χ1v) is 7.80. The fourth-order valence-corrected chi connectivity index (χ4v) is 3.01. The zero-order valence-corrected chi connectivity index (χ0v) is 12.4. The van der Waals surface area contributed by atoms with Gasteiger partial charge >= 0.3 is 6.03 Å². The number of nitrogens with one attached hydrogen (secondary N) is 2. The Morgan fingerprint density at radius 1 is 1.55 bits per heavy atom. The van der Waals surface area contributed by atoms with E-state index in [1.807, 2.05) is 24.5 Å². The number of aliphatic hydroxyl groups is 1. The molecule has 5 nitrogen and oxygen atoms in total. The summed E-state index contributed by atoms with van der Waals surface area (Å²) in [7, 11) is 0. The van der Waals surface area contributed by atoms with Crippen molar-refractivity contribution in [1.29, 1.82) is 0 Å². The Morgan fingerprint density at radius 2 is 2.40 bits per heavy atom. The number of hydrogen-bond donors (Lipinski definition) is 3. The predicted molar refractivity (Wildman–Crippen MR) is 79.8 cm³/mol. The molecule has 1 aliphatic carbocycles. The minimum Gasteiger partial charge on any atom is -0.396 e. The maximum Gasteiger partial charge on any atom is 0.315 e. The Balaban J connectivity index is 1.58. The van der Waals surface area contributed by atoms with Crippen LogP contribution in [0.15, 0.2) is 17.5 Å². The molecule has 1 aromatic rings. The first-order chi connectivity index (χ1) is 9.67. The van der Waals surface area contributed by atoms with E-state index in [9.17, 15) is 4.79 Å². The monoisotopic (exact) mass is 295 g/mol. The third-order valence-corrected chi connectivity index (χ3v) is 4.27. The normalized spacial score (nSPS) is 21.1. The number of carbonyl (C=O) groups excluding carboxylic acids is 1. The van der Waals surface area contributed by atoms with E-state index in [4.69, 9.17) is 5.11 Å². The van der Waals surface area contributed by atoms with Crippen molar-refractivity contribution in [2.75, 3.05) is 13.2 Å². The van der Waals surface area contributed by atoms with Crippen LogP contribution in [0.25, 0.3) is 0 Å². The first-order valence-electron chi connectivity index (χ1n) is 6.92. The molecule has 20 heavy (non-hydrogen) atoms. The molecule has 0 unspecified atom stereocenters. The van der Waals surface area contributed by atoms with E-state index in [0.717, 1.165) is 30.0 Å². The average Bonchev–Trinajstić information content (AvgIpc) is 3.04. The molecule has 0 saturated heterocycles. The van der Waals surface area contributed by atoms with Gasteiger partial charge in [0.25, 0.3) is 0 Å². The third-order valence-electron chi connectivity index (χ3n) is 3.24. The highest BCUT2D eigenvalue weighted by atomic mass is 32.1. The van der Waals surface area contributed by atoms with Crippen molar-refractivity contribution in [3.8, 4) is 0 Å². The molecule has 1 aliphatic rings. The number of nitrogens with zero attached hydrogens (tertiary/aromatic N) is 1. The van der Waals surface area contributed by atoms with Gasteiger partial charge in [0.2, 0.25) is 0 Å². The molecule has 0 fully saturated rings. The van der Waals surface area contributed by atoms with Crippen molar-refractivity contribution in [2.45, 2.75) is 32.2 Å². The van der Waals surface area contributed by atoms with Crippen LogP contribution in [-0.2, 0) is 6.42 Å². The Hall–Kier alpha value is -1.40. The van der Waals surface area contributed by atoms with Crippen LogP contribution >= 0.6 is 11.3 Å². The standard InChI is InChI=1S/C14H21N3O2S/c1-10-9-20-13(16-10)3-2-6-15-14(19)17-12-5-4-11(7-12)8-18/h4-5,9,11-12,18H,2-3,6-8H2,1H3,(H2,15,17,19)/t11-,12+/m0/s1. The van der Waals surface area contributed by atoms with Gasteiger partial charge in [-0.1, -0.05) is 12.2 Å². The second-order valence-corrected chi connectivity index (χ2v) is 6.00. The fraction of sp³-hybridized carbons (Fsp3) is 0.571. The minimum atomic E-state index is -0.145. The van der Waals surface area contributed by atoms with Crippen LogP contribution < -0.4 is 10.6 Å². The van der Waals surface area contributed by atoms with Crippen molar-refractivity contribution in [3.05, 3.63) is 28.2 Å². The Kier molecular flexibility index (Phi) is 5.55. The zero-order chi connectivity index (χ0) is 14.4. The molecule has 1 aromatic heterocycles. The van der Waals surface area contributed by atoms with Gasteiger partial charge in [-0.15, -0.1) is 11.3 Å². The van der Waals surface area contributed by atoms with Gasteiger partial charge in [-0.25, -0.2) is 9.78 Å². The number of rotatable bonds is 6. The molecule has 0 aliphatic heterocycles. The highest BCUT2D eigenvalue weighted by molar-refractivity contribution is 7.09. The van der Waals surface area contributed by atoms with E-state index < -0.39 is 0 Å². The Labute approximate surface area is 123 Å². The smallest absolute Gasteiger partial charge is 0.315 e. The second kappa shape index (κ2) is 7.40. The molecule has 3 N–H and O–H groups in total. The lowest BCUT2D eigenvalue weighted by molar-refractivity contribution is 0.231. The van der Waals surface area contributed by atoms with E-state index in [2.05, 4.69) is 15.6 Å². The molecule has 1 heterocycles. The van der Waals surface area contributed by atoms with Crippen molar-refractivity contribution in [2.24, 2.45) is 5.92 Å². The molecule has 0 saturated carbocycles. The van der Waals surface area contributed by atoms with Gasteiger partial charge in [0.05, 0.1) is 5.01 Å². The van der Waals surface area contributed by atoms with Gasteiger partial charge in [-0.05, 0) is 19.8 Å². The molecule has 110 valence electrons. The van der Waals surface area contributed by atoms with Crippen LogP contribution in [0, 0.1) is 12.8 Å². The summed E-state index contributed by atoms with van der Waals surface area (Å²) in [4.78, 5) is 16.1. The lowest BCUT2D eigenvalue weighted by atomic mass is 10.1. The van der Waals surface area contributed by atoms with E-state index in [-0.39, 0.29) is 24.6 Å². The molecule has 0 radical (unpaired) electrons. The molecule has 2 atom stereocenters. The van der Waals surface area contributed by atoms with Crippen molar-refractivity contribution >= 4 is 17.4 Å². The fourth-order valence-electron chi connectivity index (χ4n) is 2.20. The number of aliphatic hydroxyl groups excluding tert-OH is 1. The van der Waals surface area contributed by atoms with Crippen molar-refractivity contribution < 1.29 is 9.90 Å². The second-order valence-electron chi connectivity index (χ2n) is 5.06. The molecular formula is C14H21N3O2S. The number of carbonyl (C=O) groups is 1. The molecular weight excluding hydrogens is 274 g/mol. The number of aromatic nitrogens is 1. The summed E-state index contributed by atoms with van der Waals surface area (Å²) in [5.41, 5.74) is 1.06. The van der Waals surface area contributed by atoms with Crippen LogP contribution in [0.2, 0.25) is 0 Å². The van der Waals surface area contributed by atoms with Crippen molar-refractivity contribution in [3.63, 3.8) is 0 Å². The van der Waals surface area contributed by atoms with Gasteiger partial charge in [0.1, 0.15) is 0 Å². The van der Waals surface area contributed by atoms with E-state index in [1.54, 1.807) is 11.3 Å². The average molecular weight is 295 g/mol. The highest BCUT2D eigenvalue weighted by Gasteiger charge is 2.19. The number of urea groups is 1. The van der Waals surface area contributed by atoms with Crippen LogP contribution in [0.3, 0.4) is 0 Å². The summed E-state index contributed by atoms with van der Waals surface area (Å²) in [6.07, 6.45) is 6.46. The summed E-state index contributed by atoms with van der Waals surface area (Å²) < 4.78 is 0. The quantitative estimate of drug-likeness (QED) is 0.551. The maximum atomic E-state index is 11.7. The van der Waals surface area contributed by atoms with Gasteiger partial charge in [-0.3, -0.25) is 0 Å². The van der Waals surface area contributed by atoms with Gasteiger partial charge in [0, 0.05) is 42.6 Å². The van der Waals surface area contributed by atoms with Crippen LogP contribution in [0.1, 0.15) is 23.5 Å². The van der Waals surface area contributed by atoms with Gasteiger partial charge in [0.15, 0.2) is 0 Å². The number of aryl methyl sites for hydroxylation is 2. The Morgan fingerprint density at radius 3 is 3.05 bits per heavy atom. The van der Waals surface area contributed by atoms with Gasteiger partial charge in [-0.2, -0.15) is 0 Å². The first kappa shape index (κ1) is 15.0. The number of hydrogen-bond acceptors (Lipinski definition) is 4. The summed E-state index contributed by atoms with van der Waals surface area (Å²) in [5.74, 6) is 0.174. The SMILES string of the molecule is Cc1csc(CCCNC(=O)N[C@@H]2C=C[C@H](CO)C2)n1.